The van der Waals surface area contributed by atoms with E-state index in [2.05, 4.69) is 47.4 Å². The summed E-state index contributed by atoms with van der Waals surface area (Å²) in [7, 11) is 2.17. The molecule has 1 aliphatic heterocycles. The van der Waals surface area contributed by atoms with Crippen LogP contribution < -0.4 is 5.32 Å². The van der Waals surface area contributed by atoms with E-state index >= 15 is 0 Å². The summed E-state index contributed by atoms with van der Waals surface area (Å²) in [4.78, 5) is 8.03. The second-order valence-electron chi connectivity index (χ2n) is 5.20. The third kappa shape index (κ3) is 2.80. The molecular formula is C15H19N3S. The molecule has 0 unspecified atom stereocenters. The van der Waals surface area contributed by atoms with E-state index in [1.165, 1.54) is 21.7 Å². The Bertz CT molecular complexity index is 577. The zero-order valence-electron chi connectivity index (χ0n) is 11.4. The van der Waals surface area contributed by atoms with Crippen LogP contribution >= 0.6 is 11.3 Å². The Labute approximate surface area is 118 Å². The summed E-state index contributed by atoms with van der Waals surface area (Å²) >= 11 is 1.75. The SMILES string of the molecule is Cc1ncsc1CN(C)Cc1ccc2c(c1)CCN2. The monoisotopic (exact) mass is 273 g/mol. The summed E-state index contributed by atoms with van der Waals surface area (Å²) < 4.78 is 0. The van der Waals surface area contributed by atoms with Gasteiger partial charge in [0.05, 0.1) is 11.2 Å². The number of hydrogen-bond donors (Lipinski definition) is 1. The lowest BCUT2D eigenvalue weighted by Crippen LogP contribution is -2.17. The van der Waals surface area contributed by atoms with E-state index in [1.54, 1.807) is 11.3 Å². The van der Waals surface area contributed by atoms with Gasteiger partial charge in [-0.2, -0.15) is 0 Å². The minimum atomic E-state index is 0.978. The Morgan fingerprint density at radius 3 is 3.05 bits per heavy atom. The molecule has 0 atom stereocenters. The van der Waals surface area contributed by atoms with Crippen molar-refractivity contribution in [2.45, 2.75) is 26.4 Å². The van der Waals surface area contributed by atoms with Gasteiger partial charge in [-0.1, -0.05) is 12.1 Å². The van der Waals surface area contributed by atoms with Crippen LogP contribution in [0.25, 0.3) is 0 Å². The minimum absolute atomic E-state index is 0.978. The summed E-state index contributed by atoms with van der Waals surface area (Å²) in [5.41, 5.74) is 7.26. The fraction of sp³-hybridized carbons (Fsp3) is 0.400. The Balaban J connectivity index is 1.66. The van der Waals surface area contributed by atoms with Gasteiger partial charge in [0.1, 0.15) is 0 Å². The highest BCUT2D eigenvalue weighted by Crippen LogP contribution is 2.24. The maximum atomic E-state index is 4.31. The lowest BCUT2D eigenvalue weighted by Gasteiger charge is -2.16. The molecule has 3 rings (SSSR count). The molecule has 100 valence electrons. The van der Waals surface area contributed by atoms with E-state index in [-0.39, 0.29) is 0 Å². The summed E-state index contributed by atoms with van der Waals surface area (Å²) in [5, 5.41) is 3.40. The number of fused-ring (bicyclic) bond motifs is 1. The van der Waals surface area contributed by atoms with Gasteiger partial charge in [-0.05, 0) is 37.6 Å². The first-order valence-electron chi connectivity index (χ1n) is 6.65. The Hall–Kier alpha value is -1.39. The quantitative estimate of drug-likeness (QED) is 0.928. The van der Waals surface area contributed by atoms with E-state index in [4.69, 9.17) is 0 Å². The van der Waals surface area contributed by atoms with Gasteiger partial charge in [0.2, 0.25) is 0 Å². The highest BCUT2D eigenvalue weighted by molar-refractivity contribution is 7.09. The highest BCUT2D eigenvalue weighted by atomic mass is 32.1. The van der Waals surface area contributed by atoms with Crippen molar-refractivity contribution in [1.29, 1.82) is 0 Å². The molecule has 0 fully saturated rings. The van der Waals surface area contributed by atoms with Crippen LogP contribution in [-0.4, -0.2) is 23.5 Å². The zero-order valence-corrected chi connectivity index (χ0v) is 12.3. The fourth-order valence-electron chi connectivity index (χ4n) is 2.55. The molecule has 2 heterocycles. The predicted octanol–water partition coefficient (Wildman–Crippen LogP) is 3.05. The summed E-state index contributed by atoms with van der Waals surface area (Å²) in [6.45, 7) is 5.13. The van der Waals surface area contributed by atoms with Gasteiger partial charge >= 0.3 is 0 Å². The van der Waals surface area contributed by atoms with Crippen LogP contribution in [0.4, 0.5) is 5.69 Å². The molecule has 0 spiro atoms. The van der Waals surface area contributed by atoms with E-state index < -0.39 is 0 Å². The Morgan fingerprint density at radius 2 is 2.26 bits per heavy atom. The number of nitrogens with zero attached hydrogens (tertiary/aromatic N) is 2. The molecule has 0 radical (unpaired) electrons. The predicted molar refractivity (Wildman–Crippen MR) is 80.7 cm³/mol. The molecule has 4 heteroatoms. The lowest BCUT2D eigenvalue weighted by molar-refractivity contribution is 0.321. The zero-order chi connectivity index (χ0) is 13.2. The van der Waals surface area contributed by atoms with Crippen molar-refractivity contribution >= 4 is 17.0 Å². The highest BCUT2D eigenvalue weighted by Gasteiger charge is 2.11. The lowest BCUT2D eigenvalue weighted by atomic mass is 10.1. The third-order valence-electron chi connectivity index (χ3n) is 3.59. The first-order valence-corrected chi connectivity index (χ1v) is 7.53. The molecule has 0 saturated heterocycles. The van der Waals surface area contributed by atoms with Gasteiger partial charge in [0.25, 0.3) is 0 Å². The maximum Gasteiger partial charge on any atom is 0.0798 e. The normalized spacial score (nSPS) is 13.6. The third-order valence-corrected chi connectivity index (χ3v) is 4.51. The van der Waals surface area contributed by atoms with Crippen LogP contribution in [-0.2, 0) is 19.5 Å². The number of rotatable bonds is 4. The molecule has 1 aromatic heterocycles. The second-order valence-corrected chi connectivity index (χ2v) is 6.14. The van der Waals surface area contributed by atoms with Gasteiger partial charge in [0.15, 0.2) is 0 Å². The van der Waals surface area contributed by atoms with Crippen LogP contribution in [0, 0.1) is 6.92 Å². The maximum absolute atomic E-state index is 4.31. The Morgan fingerprint density at radius 1 is 1.37 bits per heavy atom. The van der Waals surface area contributed by atoms with Gasteiger partial charge < -0.3 is 5.32 Å². The molecule has 0 bridgehead atoms. The standard InChI is InChI=1S/C15H19N3S/c1-11-15(19-10-17-11)9-18(2)8-12-3-4-14-13(7-12)5-6-16-14/h3-4,7,10,16H,5-6,8-9H2,1-2H3. The van der Waals surface area contributed by atoms with Gasteiger partial charge in [-0.3, -0.25) is 4.90 Å². The average molecular weight is 273 g/mol. The van der Waals surface area contributed by atoms with Crippen LogP contribution in [0.1, 0.15) is 21.7 Å². The minimum Gasteiger partial charge on any atom is -0.384 e. The summed E-state index contributed by atoms with van der Waals surface area (Å²) in [6, 6.07) is 6.78. The molecule has 19 heavy (non-hydrogen) atoms. The number of nitrogens with one attached hydrogen (secondary N) is 1. The fourth-order valence-corrected chi connectivity index (χ4v) is 3.40. The van der Waals surface area contributed by atoms with Crippen LogP contribution in [0.2, 0.25) is 0 Å². The number of aryl methyl sites for hydroxylation is 1. The van der Waals surface area contributed by atoms with Crippen molar-refractivity contribution in [3.63, 3.8) is 0 Å². The molecule has 0 amide bonds. The van der Waals surface area contributed by atoms with Crippen molar-refractivity contribution < 1.29 is 0 Å². The van der Waals surface area contributed by atoms with Crippen molar-refractivity contribution in [3.8, 4) is 0 Å². The van der Waals surface area contributed by atoms with Gasteiger partial charge in [-0.15, -0.1) is 11.3 Å². The number of anilines is 1. The number of hydrogen-bond acceptors (Lipinski definition) is 4. The second kappa shape index (κ2) is 5.31. The van der Waals surface area contributed by atoms with Gasteiger partial charge in [-0.25, -0.2) is 4.98 Å². The van der Waals surface area contributed by atoms with E-state index in [1.807, 2.05) is 5.51 Å². The van der Waals surface area contributed by atoms with Crippen molar-refractivity contribution in [2.75, 3.05) is 18.9 Å². The largest absolute Gasteiger partial charge is 0.384 e. The van der Waals surface area contributed by atoms with Crippen molar-refractivity contribution in [2.24, 2.45) is 0 Å². The molecule has 1 aromatic carbocycles. The van der Waals surface area contributed by atoms with Crippen molar-refractivity contribution in [1.82, 2.24) is 9.88 Å². The van der Waals surface area contributed by atoms with E-state index in [0.29, 0.717) is 0 Å². The number of aromatic nitrogens is 1. The van der Waals surface area contributed by atoms with E-state index in [9.17, 15) is 0 Å². The molecule has 1 aliphatic rings. The summed E-state index contributed by atoms with van der Waals surface area (Å²) in [5.74, 6) is 0. The summed E-state index contributed by atoms with van der Waals surface area (Å²) in [6.07, 6.45) is 1.15. The smallest absolute Gasteiger partial charge is 0.0798 e. The average Bonchev–Trinajstić information content (AvgIpc) is 2.98. The first-order chi connectivity index (χ1) is 9.22. The van der Waals surface area contributed by atoms with Crippen LogP contribution in [0.3, 0.4) is 0 Å². The molecule has 0 saturated carbocycles. The Kier molecular flexibility index (Phi) is 3.53. The van der Waals surface area contributed by atoms with Gasteiger partial charge in [0, 0.05) is 30.2 Å². The molecular weight excluding hydrogens is 254 g/mol. The van der Waals surface area contributed by atoms with E-state index in [0.717, 1.165) is 31.7 Å². The molecule has 2 aromatic rings. The molecule has 3 nitrogen and oxygen atoms in total. The number of thiazole rings is 1. The number of benzene rings is 1. The van der Waals surface area contributed by atoms with Crippen LogP contribution in [0.15, 0.2) is 23.7 Å². The molecule has 1 N–H and O–H groups in total. The van der Waals surface area contributed by atoms with Crippen LogP contribution in [0.5, 0.6) is 0 Å². The topological polar surface area (TPSA) is 28.2 Å². The van der Waals surface area contributed by atoms with Crippen molar-refractivity contribution in [3.05, 3.63) is 45.4 Å². The first kappa shape index (κ1) is 12.6. The molecule has 0 aliphatic carbocycles.